The zero-order chi connectivity index (χ0) is 19.5. The largest absolute Gasteiger partial charge is 0.351 e. The second-order valence-electron chi connectivity index (χ2n) is 6.70. The zero-order valence-corrected chi connectivity index (χ0v) is 16.2. The summed E-state index contributed by atoms with van der Waals surface area (Å²) in [7, 11) is 2.06. The maximum atomic E-state index is 8.05. The summed E-state index contributed by atoms with van der Waals surface area (Å²) in [6.45, 7) is 0. The molecule has 3 nitrogen and oxygen atoms in total. The van der Waals surface area contributed by atoms with Crippen molar-refractivity contribution in [2.24, 2.45) is 7.05 Å². The van der Waals surface area contributed by atoms with Gasteiger partial charge in [0.1, 0.15) is 5.84 Å². The summed E-state index contributed by atoms with van der Waals surface area (Å²) in [6.07, 6.45) is 5.75. The van der Waals surface area contributed by atoms with E-state index in [9.17, 15) is 0 Å². The number of benzene rings is 3. The zero-order valence-electron chi connectivity index (χ0n) is 15.5. The van der Waals surface area contributed by atoms with Gasteiger partial charge in [0, 0.05) is 34.9 Å². The minimum Gasteiger partial charge on any atom is -0.351 e. The maximum Gasteiger partial charge on any atom is 0.122 e. The molecule has 0 aliphatic heterocycles. The van der Waals surface area contributed by atoms with Gasteiger partial charge in [-0.15, -0.1) is 0 Å². The number of hydrogen-bond donors (Lipinski definition) is 2. The van der Waals surface area contributed by atoms with Crippen LogP contribution in [0, 0.1) is 5.41 Å². The van der Waals surface area contributed by atoms with Crippen LogP contribution in [-0.2, 0) is 7.05 Å². The average molecular weight is 386 g/mol. The van der Waals surface area contributed by atoms with Crippen molar-refractivity contribution in [1.29, 1.82) is 5.41 Å². The molecule has 1 heterocycles. The van der Waals surface area contributed by atoms with E-state index in [-0.39, 0.29) is 0 Å². The minimum atomic E-state index is 0.320. The molecule has 4 heteroatoms. The molecule has 4 aromatic rings. The Hall–Kier alpha value is -3.30. The van der Waals surface area contributed by atoms with Crippen molar-refractivity contribution in [3.63, 3.8) is 0 Å². The SMILES string of the molecule is Cn1ccc2cc(-c3ccc(/C=C/C(=N)Nc4ccc(Cl)cc4)cc3)ccc21. The fourth-order valence-electron chi connectivity index (χ4n) is 3.16. The van der Waals surface area contributed by atoms with Crippen LogP contribution in [0.1, 0.15) is 5.56 Å². The Labute approximate surface area is 169 Å². The average Bonchev–Trinajstić information content (AvgIpc) is 3.09. The third-order valence-electron chi connectivity index (χ3n) is 4.69. The van der Waals surface area contributed by atoms with E-state index in [1.807, 2.05) is 18.2 Å². The van der Waals surface area contributed by atoms with Gasteiger partial charge < -0.3 is 9.88 Å². The lowest BCUT2D eigenvalue weighted by Crippen LogP contribution is -2.06. The number of anilines is 1. The summed E-state index contributed by atoms with van der Waals surface area (Å²) in [5.74, 6) is 0.320. The number of hydrogen-bond acceptors (Lipinski definition) is 1. The van der Waals surface area contributed by atoms with E-state index < -0.39 is 0 Å². The molecule has 2 N–H and O–H groups in total. The Morgan fingerprint density at radius 2 is 1.64 bits per heavy atom. The fourth-order valence-corrected chi connectivity index (χ4v) is 3.28. The van der Waals surface area contributed by atoms with Crippen LogP contribution in [0.4, 0.5) is 5.69 Å². The van der Waals surface area contributed by atoms with Crippen molar-refractivity contribution < 1.29 is 0 Å². The maximum absolute atomic E-state index is 8.05. The molecule has 138 valence electrons. The lowest BCUT2D eigenvalue weighted by Gasteiger charge is -2.05. The monoisotopic (exact) mass is 385 g/mol. The van der Waals surface area contributed by atoms with Gasteiger partial charge in [-0.05, 0) is 65.2 Å². The van der Waals surface area contributed by atoms with E-state index in [0.717, 1.165) is 11.3 Å². The van der Waals surface area contributed by atoms with E-state index in [1.165, 1.54) is 22.0 Å². The van der Waals surface area contributed by atoms with E-state index >= 15 is 0 Å². The Morgan fingerprint density at radius 3 is 2.39 bits per heavy atom. The molecule has 0 aliphatic carbocycles. The van der Waals surface area contributed by atoms with Gasteiger partial charge in [-0.3, -0.25) is 5.41 Å². The number of halogens is 1. The van der Waals surface area contributed by atoms with Crippen LogP contribution in [0.25, 0.3) is 28.1 Å². The Morgan fingerprint density at radius 1 is 0.929 bits per heavy atom. The molecular formula is C24H20ClN3. The van der Waals surface area contributed by atoms with Crippen molar-refractivity contribution in [3.8, 4) is 11.1 Å². The van der Waals surface area contributed by atoms with Crippen LogP contribution < -0.4 is 5.32 Å². The number of amidine groups is 1. The van der Waals surface area contributed by atoms with E-state index in [1.54, 1.807) is 18.2 Å². The highest BCUT2D eigenvalue weighted by atomic mass is 35.5. The third-order valence-corrected chi connectivity index (χ3v) is 4.95. The highest BCUT2D eigenvalue weighted by molar-refractivity contribution is 6.30. The second-order valence-corrected chi connectivity index (χ2v) is 7.14. The van der Waals surface area contributed by atoms with E-state index in [2.05, 4.69) is 71.7 Å². The van der Waals surface area contributed by atoms with Gasteiger partial charge in [-0.2, -0.15) is 0 Å². The van der Waals surface area contributed by atoms with Gasteiger partial charge >= 0.3 is 0 Å². The third kappa shape index (κ3) is 4.00. The molecule has 0 spiro atoms. The topological polar surface area (TPSA) is 40.8 Å². The molecule has 3 aromatic carbocycles. The lowest BCUT2D eigenvalue weighted by atomic mass is 10.0. The smallest absolute Gasteiger partial charge is 0.122 e. The van der Waals surface area contributed by atoms with Gasteiger partial charge in [0.2, 0.25) is 0 Å². The molecule has 0 unspecified atom stereocenters. The Balaban J connectivity index is 1.45. The van der Waals surface area contributed by atoms with Crippen LogP contribution in [0.2, 0.25) is 5.02 Å². The molecule has 4 rings (SSSR count). The van der Waals surface area contributed by atoms with Crippen molar-refractivity contribution >= 4 is 40.1 Å². The first-order valence-electron chi connectivity index (χ1n) is 9.03. The molecule has 0 atom stereocenters. The summed E-state index contributed by atoms with van der Waals surface area (Å²) in [6, 6.07) is 24.3. The van der Waals surface area contributed by atoms with Gasteiger partial charge in [0.25, 0.3) is 0 Å². The molecule has 0 amide bonds. The summed E-state index contributed by atoms with van der Waals surface area (Å²) in [5, 5.41) is 13.0. The second kappa shape index (κ2) is 7.75. The molecule has 1 aromatic heterocycles. The van der Waals surface area contributed by atoms with Crippen molar-refractivity contribution in [3.05, 3.63) is 95.7 Å². The standard InChI is InChI=1S/C24H20ClN3/c1-28-15-14-20-16-19(7-12-23(20)28)18-5-2-17(3-6-18)4-13-24(26)27-22-10-8-21(25)9-11-22/h2-16H,1H3,(H2,26,27)/b13-4+. The highest BCUT2D eigenvalue weighted by Gasteiger charge is 2.02. The van der Waals surface area contributed by atoms with Gasteiger partial charge in [0.05, 0.1) is 0 Å². The van der Waals surface area contributed by atoms with Crippen LogP contribution >= 0.6 is 11.6 Å². The van der Waals surface area contributed by atoms with E-state index in [4.69, 9.17) is 17.0 Å². The number of aryl methyl sites for hydroxylation is 1. The molecular weight excluding hydrogens is 366 g/mol. The Kier molecular flexibility index (Phi) is 5.00. The first kappa shape index (κ1) is 18.1. The van der Waals surface area contributed by atoms with Crippen LogP contribution in [0.5, 0.6) is 0 Å². The van der Waals surface area contributed by atoms with Crippen molar-refractivity contribution in [1.82, 2.24) is 4.57 Å². The molecule has 0 radical (unpaired) electrons. The number of aromatic nitrogens is 1. The van der Waals surface area contributed by atoms with Crippen molar-refractivity contribution in [2.45, 2.75) is 0 Å². The Bertz CT molecular complexity index is 1150. The van der Waals surface area contributed by atoms with Gasteiger partial charge in [0.15, 0.2) is 0 Å². The molecule has 0 saturated heterocycles. The first-order chi connectivity index (χ1) is 13.6. The summed E-state index contributed by atoms with van der Waals surface area (Å²) in [5.41, 5.74) is 5.50. The lowest BCUT2D eigenvalue weighted by molar-refractivity contribution is 0.969. The highest BCUT2D eigenvalue weighted by Crippen LogP contribution is 2.25. The molecule has 0 saturated carbocycles. The fraction of sp³-hybridized carbons (Fsp3) is 0.0417. The number of nitrogens with one attached hydrogen (secondary N) is 2. The van der Waals surface area contributed by atoms with Crippen LogP contribution in [0.15, 0.2) is 85.1 Å². The quantitative estimate of drug-likeness (QED) is 0.301. The number of fused-ring (bicyclic) bond motifs is 1. The molecule has 0 aliphatic rings. The predicted octanol–water partition coefficient (Wildman–Crippen LogP) is 6.60. The predicted molar refractivity (Wildman–Crippen MR) is 120 cm³/mol. The minimum absolute atomic E-state index is 0.320. The molecule has 28 heavy (non-hydrogen) atoms. The van der Waals surface area contributed by atoms with Crippen LogP contribution in [0.3, 0.4) is 0 Å². The van der Waals surface area contributed by atoms with Gasteiger partial charge in [-0.1, -0.05) is 48.0 Å². The van der Waals surface area contributed by atoms with Crippen molar-refractivity contribution in [2.75, 3.05) is 5.32 Å². The molecule has 0 fully saturated rings. The van der Waals surface area contributed by atoms with Gasteiger partial charge in [-0.25, -0.2) is 0 Å². The summed E-state index contributed by atoms with van der Waals surface area (Å²) >= 11 is 5.88. The summed E-state index contributed by atoms with van der Waals surface area (Å²) < 4.78 is 2.13. The molecule has 0 bridgehead atoms. The number of nitrogens with zero attached hydrogens (tertiary/aromatic N) is 1. The van der Waals surface area contributed by atoms with E-state index in [0.29, 0.717) is 10.9 Å². The first-order valence-corrected chi connectivity index (χ1v) is 9.41. The summed E-state index contributed by atoms with van der Waals surface area (Å²) in [4.78, 5) is 0. The van der Waals surface area contributed by atoms with Crippen LogP contribution in [-0.4, -0.2) is 10.4 Å². The number of rotatable bonds is 4. The normalized spacial score (nSPS) is 11.2.